The minimum atomic E-state index is -0.331. The van der Waals surface area contributed by atoms with Crippen LogP contribution in [-0.4, -0.2) is 34.5 Å². The number of nitrogens with zero attached hydrogens (tertiary/aromatic N) is 5. The Bertz CT molecular complexity index is 1210. The van der Waals surface area contributed by atoms with Crippen molar-refractivity contribution in [2.75, 3.05) is 0 Å². The summed E-state index contributed by atoms with van der Waals surface area (Å²) < 4.78 is 3.97. The van der Waals surface area contributed by atoms with E-state index in [2.05, 4.69) is 21.8 Å². The minimum absolute atomic E-state index is 0.226. The molecule has 0 aliphatic rings. The number of imidazole rings is 1. The lowest BCUT2D eigenvalue weighted by Gasteiger charge is -2.16. The van der Waals surface area contributed by atoms with Crippen LogP contribution in [0.25, 0.3) is 22.5 Å². The zero-order valence-corrected chi connectivity index (χ0v) is 16.7. The van der Waals surface area contributed by atoms with Crippen molar-refractivity contribution < 1.29 is 0 Å². The van der Waals surface area contributed by atoms with E-state index < -0.39 is 0 Å². The average molecular weight is 389 g/mol. The molecule has 0 unspecified atom stereocenters. The van der Waals surface area contributed by atoms with Gasteiger partial charge in [-0.1, -0.05) is 36.4 Å². The zero-order chi connectivity index (χ0) is 20.5. The summed E-state index contributed by atoms with van der Waals surface area (Å²) in [6, 6.07) is 9.82. The number of allylic oxidation sites excluding steroid dienone is 1. The third-order valence-electron chi connectivity index (χ3n) is 5.09. The molecule has 0 fully saturated rings. The van der Waals surface area contributed by atoms with E-state index in [0.717, 1.165) is 33.9 Å². The van der Waals surface area contributed by atoms with Gasteiger partial charge in [0.05, 0.1) is 36.0 Å². The molecular formula is C21H23N7O. The van der Waals surface area contributed by atoms with Crippen molar-refractivity contribution >= 4 is 0 Å². The highest BCUT2D eigenvalue weighted by atomic mass is 16.1. The van der Waals surface area contributed by atoms with E-state index >= 15 is 0 Å². The molecule has 0 aliphatic carbocycles. The molecule has 3 heterocycles. The van der Waals surface area contributed by atoms with Crippen LogP contribution in [-0.2, 0) is 6.54 Å². The quantitative estimate of drug-likeness (QED) is 0.495. The summed E-state index contributed by atoms with van der Waals surface area (Å²) in [7, 11) is 0. The standard InChI is InChI=1S/C21H23N7O/c1-5-11-28-14(3)17(13(2)26-28)19-18(16-9-7-6-8-10-16)22-12-27(19)15(4)20-23-21(29)25-24-20/h5-10,12,15H,1,11H2,2-4H3,(H2,23,24,25,29)/t15-/m1/s1. The highest BCUT2D eigenvalue weighted by Gasteiger charge is 2.25. The Labute approximate surface area is 167 Å². The molecule has 8 nitrogen and oxygen atoms in total. The van der Waals surface area contributed by atoms with E-state index in [-0.39, 0.29) is 11.7 Å². The first kappa shape index (κ1) is 18.7. The Morgan fingerprint density at radius 3 is 2.66 bits per heavy atom. The van der Waals surface area contributed by atoms with Crippen molar-refractivity contribution in [3.8, 4) is 22.5 Å². The molecule has 0 bridgehead atoms. The summed E-state index contributed by atoms with van der Waals surface area (Å²) in [4.78, 5) is 19.1. The van der Waals surface area contributed by atoms with Crippen molar-refractivity contribution in [2.24, 2.45) is 0 Å². The largest absolute Gasteiger partial charge is 0.340 e. The van der Waals surface area contributed by atoms with Gasteiger partial charge in [-0.05, 0) is 20.8 Å². The van der Waals surface area contributed by atoms with Gasteiger partial charge in [0.1, 0.15) is 0 Å². The van der Waals surface area contributed by atoms with Gasteiger partial charge in [-0.25, -0.2) is 14.9 Å². The third kappa shape index (κ3) is 3.22. The molecule has 1 aromatic carbocycles. The highest BCUT2D eigenvalue weighted by molar-refractivity contribution is 5.81. The summed E-state index contributed by atoms with van der Waals surface area (Å²) in [5.74, 6) is 0.544. The number of aromatic amines is 2. The molecule has 2 N–H and O–H groups in total. The average Bonchev–Trinajstić information content (AvgIpc) is 3.40. The molecular weight excluding hydrogens is 366 g/mol. The fraction of sp³-hybridized carbons (Fsp3) is 0.238. The van der Waals surface area contributed by atoms with Gasteiger partial charge in [-0.2, -0.15) is 10.2 Å². The molecule has 4 aromatic rings. The lowest BCUT2D eigenvalue weighted by Crippen LogP contribution is -2.11. The number of aromatic nitrogens is 7. The fourth-order valence-corrected chi connectivity index (χ4v) is 3.66. The van der Waals surface area contributed by atoms with Gasteiger partial charge < -0.3 is 4.57 Å². The van der Waals surface area contributed by atoms with Gasteiger partial charge >= 0.3 is 5.69 Å². The molecule has 29 heavy (non-hydrogen) atoms. The van der Waals surface area contributed by atoms with Crippen molar-refractivity contribution in [3.05, 3.63) is 77.0 Å². The van der Waals surface area contributed by atoms with Gasteiger partial charge in [-0.3, -0.25) is 9.67 Å². The second-order valence-electron chi connectivity index (χ2n) is 6.97. The Morgan fingerprint density at radius 2 is 2.00 bits per heavy atom. The van der Waals surface area contributed by atoms with Crippen LogP contribution in [0.1, 0.15) is 30.2 Å². The van der Waals surface area contributed by atoms with Gasteiger partial charge in [0.25, 0.3) is 0 Å². The Kier molecular flexibility index (Phi) is 4.75. The lowest BCUT2D eigenvalue weighted by molar-refractivity contribution is 0.606. The topological polar surface area (TPSA) is 97.2 Å². The maximum atomic E-state index is 11.6. The summed E-state index contributed by atoms with van der Waals surface area (Å²) in [6.07, 6.45) is 3.62. The lowest BCUT2D eigenvalue weighted by atomic mass is 10.0. The monoisotopic (exact) mass is 389 g/mol. The first-order chi connectivity index (χ1) is 14.0. The molecule has 4 rings (SSSR count). The van der Waals surface area contributed by atoms with Crippen LogP contribution in [0.2, 0.25) is 0 Å². The third-order valence-corrected chi connectivity index (χ3v) is 5.09. The Hall–Kier alpha value is -3.68. The smallest absolute Gasteiger partial charge is 0.319 e. The summed E-state index contributed by atoms with van der Waals surface area (Å²) >= 11 is 0. The maximum Gasteiger partial charge on any atom is 0.340 e. The van der Waals surface area contributed by atoms with Crippen molar-refractivity contribution in [3.63, 3.8) is 0 Å². The zero-order valence-electron chi connectivity index (χ0n) is 16.7. The second kappa shape index (κ2) is 7.38. The molecule has 0 saturated heterocycles. The van der Waals surface area contributed by atoms with Crippen LogP contribution in [0.3, 0.4) is 0 Å². The normalized spacial score (nSPS) is 12.2. The Balaban J connectivity index is 1.96. The number of nitrogens with one attached hydrogen (secondary N) is 2. The van der Waals surface area contributed by atoms with E-state index in [4.69, 9.17) is 10.1 Å². The van der Waals surface area contributed by atoms with Gasteiger partial charge in [0, 0.05) is 16.8 Å². The van der Waals surface area contributed by atoms with Gasteiger partial charge in [-0.15, -0.1) is 6.58 Å². The molecule has 8 heteroatoms. The number of H-pyrrole nitrogens is 2. The Morgan fingerprint density at radius 1 is 1.24 bits per heavy atom. The summed E-state index contributed by atoms with van der Waals surface area (Å²) in [6.45, 7) is 10.5. The van der Waals surface area contributed by atoms with Crippen molar-refractivity contribution in [1.82, 2.24) is 34.5 Å². The maximum absolute atomic E-state index is 11.6. The SMILES string of the molecule is C=CCn1nc(C)c(-c2c(-c3ccccc3)ncn2[C@H](C)c2n[nH]c(=O)[nH]2)c1C. The molecule has 148 valence electrons. The van der Waals surface area contributed by atoms with Crippen molar-refractivity contribution in [2.45, 2.75) is 33.4 Å². The molecule has 0 amide bonds. The van der Waals surface area contributed by atoms with Crippen LogP contribution in [0.15, 0.2) is 54.1 Å². The number of aryl methyl sites for hydroxylation is 1. The first-order valence-electron chi connectivity index (χ1n) is 9.43. The first-order valence-corrected chi connectivity index (χ1v) is 9.43. The highest BCUT2D eigenvalue weighted by Crippen LogP contribution is 2.37. The predicted octanol–water partition coefficient (Wildman–Crippen LogP) is 3.24. The molecule has 0 spiro atoms. The van der Waals surface area contributed by atoms with E-state index in [1.165, 1.54) is 0 Å². The minimum Gasteiger partial charge on any atom is -0.319 e. The molecule has 0 radical (unpaired) electrons. The number of rotatable bonds is 6. The fourth-order valence-electron chi connectivity index (χ4n) is 3.66. The van der Waals surface area contributed by atoms with E-state index in [1.807, 2.05) is 66.4 Å². The molecule has 1 atom stereocenters. The van der Waals surface area contributed by atoms with Crippen LogP contribution in [0.5, 0.6) is 0 Å². The van der Waals surface area contributed by atoms with Crippen molar-refractivity contribution in [1.29, 1.82) is 0 Å². The van der Waals surface area contributed by atoms with Crippen LogP contribution in [0.4, 0.5) is 0 Å². The predicted molar refractivity (Wildman–Crippen MR) is 112 cm³/mol. The van der Waals surface area contributed by atoms with Crippen LogP contribution >= 0.6 is 0 Å². The number of hydrogen-bond donors (Lipinski definition) is 2. The van der Waals surface area contributed by atoms with Crippen LogP contribution in [0, 0.1) is 13.8 Å². The van der Waals surface area contributed by atoms with E-state index in [1.54, 1.807) is 6.33 Å². The second-order valence-corrected chi connectivity index (χ2v) is 6.97. The molecule has 3 aromatic heterocycles. The number of hydrogen-bond acceptors (Lipinski definition) is 4. The van der Waals surface area contributed by atoms with E-state index in [0.29, 0.717) is 12.4 Å². The number of benzene rings is 1. The van der Waals surface area contributed by atoms with Gasteiger partial charge in [0.2, 0.25) is 0 Å². The summed E-state index contributed by atoms with van der Waals surface area (Å²) in [5.41, 5.74) is 5.45. The van der Waals surface area contributed by atoms with E-state index in [9.17, 15) is 4.79 Å². The summed E-state index contributed by atoms with van der Waals surface area (Å²) in [5, 5.41) is 11.2. The van der Waals surface area contributed by atoms with Gasteiger partial charge in [0.15, 0.2) is 5.82 Å². The van der Waals surface area contributed by atoms with Crippen LogP contribution < -0.4 is 5.69 Å². The molecule has 0 saturated carbocycles. The molecule has 0 aliphatic heterocycles.